The molecule has 12 heteroatoms. The van der Waals surface area contributed by atoms with Gasteiger partial charge >= 0.3 is 0 Å². The van der Waals surface area contributed by atoms with Crippen molar-refractivity contribution in [2.45, 2.75) is 114 Å². The van der Waals surface area contributed by atoms with E-state index in [0.29, 0.717) is 12.8 Å². The minimum atomic E-state index is -3.79. The van der Waals surface area contributed by atoms with Gasteiger partial charge in [0.1, 0.15) is 12.2 Å². The van der Waals surface area contributed by atoms with Crippen LogP contribution in [0.25, 0.3) is 0 Å². The van der Waals surface area contributed by atoms with E-state index in [0.717, 1.165) is 50.5 Å². The van der Waals surface area contributed by atoms with Crippen molar-refractivity contribution in [1.29, 1.82) is 5.26 Å². The normalized spacial score (nSPS) is 18.6. The fourth-order valence-corrected chi connectivity index (χ4v) is 7.41. The van der Waals surface area contributed by atoms with Gasteiger partial charge in [0.2, 0.25) is 17.8 Å². The number of nitrogens with one attached hydrogen (secondary N) is 3. The van der Waals surface area contributed by atoms with Gasteiger partial charge in [-0.1, -0.05) is 62.4 Å². The third kappa shape index (κ3) is 9.86. The number of aromatic nitrogens is 2. The molecular formula is C34H49N5O6S. The number of carbonyl (C=O) groups is 2. The average Bonchev–Trinajstić information content (AvgIpc) is 3.80. The van der Waals surface area contributed by atoms with Crippen molar-refractivity contribution in [3.8, 4) is 6.07 Å². The van der Waals surface area contributed by atoms with Crippen molar-refractivity contribution in [3.63, 3.8) is 0 Å². The molecule has 1 unspecified atom stereocenters. The minimum absolute atomic E-state index is 0.0117. The Kier molecular flexibility index (Phi) is 12.0. The third-order valence-corrected chi connectivity index (χ3v) is 12.0. The molecule has 1 heterocycles. The predicted octanol–water partition coefficient (Wildman–Crippen LogP) is 3.81. The molecule has 2 aliphatic rings. The summed E-state index contributed by atoms with van der Waals surface area (Å²) in [5, 5.41) is 37.4. The molecule has 0 spiro atoms. The average molecular weight is 656 g/mol. The number of nitrogens with zero attached hydrogens (tertiary/aromatic N) is 2. The van der Waals surface area contributed by atoms with Crippen LogP contribution in [-0.2, 0) is 32.3 Å². The number of rotatable bonds is 15. The topological polar surface area (TPSA) is 185 Å². The van der Waals surface area contributed by atoms with E-state index in [2.05, 4.69) is 20.6 Å². The minimum Gasteiger partial charge on any atom is -0.390 e. The molecule has 4 rings (SSSR count). The number of nitriles is 1. The van der Waals surface area contributed by atoms with E-state index in [9.17, 15) is 33.5 Å². The van der Waals surface area contributed by atoms with Crippen LogP contribution in [0.3, 0.4) is 0 Å². The van der Waals surface area contributed by atoms with E-state index in [1.54, 1.807) is 20.8 Å². The molecular weight excluding hydrogens is 606 g/mol. The van der Waals surface area contributed by atoms with Gasteiger partial charge in [0.25, 0.3) is 0 Å². The van der Waals surface area contributed by atoms with Crippen LogP contribution in [0.15, 0.2) is 30.3 Å². The smallest absolute Gasteiger partial charge is 0.227 e. The summed E-state index contributed by atoms with van der Waals surface area (Å²) >= 11 is 0. The van der Waals surface area contributed by atoms with Crippen molar-refractivity contribution >= 4 is 27.6 Å². The number of carbonyl (C=O) groups excluding carboxylic acids is 2. The maximum atomic E-state index is 14.0. The van der Waals surface area contributed by atoms with Gasteiger partial charge in [0.05, 0.1) is 34.3 Å². The van der Waals surface area contributed by atoms with Crippen LogP contribution in [0.2, 0.25) is 0 Å². The van der Waals surface area contributed by atoms with Crippen LogP contribution in [0.1, 0.15) is 95.5 Å². The summed E-state index contributed by atoms with van der Waals surface area (Å²) in [5.74, 6) is -2.21. The number of hydrogen-bond acceptors (Lipinski definition) is 8. The largest absolute Gasteiger partial charge is 0.390 e. The highest BCUT2D eigenvalue weighted by atomic mass is 32.2. The second-order valence-corrected chi connectivity index (χ2v) is 16.8. The molecule has 0 aliphatic heterocycles. The summed E-state index contributed by atoms with van der Waals surface area (Å²) < 4.78 is 25.6. The first-order chi connectivity index (χ1) is 21.8. The molecule has 0 saturated heterocycles. The zero-order valence-electron chi connectivity index (χ0n) is 27.2. The number of aliphatic hydroxyl groups is 2. The molecule has 2 fully saturated rings. The molecule has 5 N–H and O–H groups in total. The highest BCUT2D eigenvalue weighted by molar-refractivity contribution is 7.92. The Morgan fingerprint density at radius 3 is 2.37 bits per heavy atom. The molecule has 1 aromatic heterocycles. The lowest BCUT2D eigenvalue weighted by molar-refractivity contribution is -0.127. The predicted molar refractivity (Wildman–Crippen MR) is 175 cm³/mol. The number of sulfone groups is 1. The Morgan fingerprint density at radius 1 is 1.09 bits per heavy atom. The van der Waals surface area contributed by atoms with E-state index < -0.39 is 50.4 Å². The Balaban J connectivity index is 1.53. The monoisotopic (exact) mass is 655 g/mol. The molecule has 4 atom stereocenters. The van der Waals surface area contributed by atoms with E-state index in [1.807, 2.05) is 36.4 Å². The molecule has 2 aromatic rings. The first-order valence-corrected chi connectivity index (χ1v) is 18.1. The number of aliphatic hydroxyl groups excluding tert-OH is 2. The van der Waals surface area contributed by atoms with E-state index >= 15 is 0 Å². The maximum absolute atomic E-state index is 14.0. The first-order valence-electron chi connectivity index (χ1n) is 16.5. The summed E-state index contributed by atoms with van der Waals surface area (Å²) in [6.45, 7) is 4.71. The number of H-pyrrole nitrogens is 1. The van der Waals surface area contributed by atoms with Crippen molar-refractivity contribution in [3.05, 3.63) is 47.3 Å². The number of aromatic amines is 1. The highest BCUT2D eigenvalue weighted by Crippen LogP contribution is 2.36. The van der Waals surface area contributed by atoms with Crippen LogP contribution >= 0.6 is 0 Å². The number of benzene rings is 1. The summed E-state index contributed by atoms with van der Waals surface area (Å²) in [5.41, 5.74) is 1.18. The number of amides is 2. The van der Waals surface area contributed by atoms with Gasteiger partial charge in [0, 0.05) is 12.8 Å². The second-order valence-electron chi connectivity index (χ2n) is 14.0. The van der Waals surface area contributed by atoms with Gasteiger partial charge in [-0.2, -0.15) is 5.26 Å². The summed E-state index contributed by atoms with van der Waals surface area (Å²) in [6.07, 6.45) is 5.74. The van der Waals surface area contributed by atoms with Gasteiger partial charge in [-0.25, -0.2) is 13.4 Å². The lowest BCUT2D eigenvalue weighted by Gasteiger charge is -2.33. The van der Waals surface area contributed by atoms with Crippen molar-refractivity contribution in [2.24, 2.45) is 17.8 Å². The van der Waals surface area contributed by atoms with E-state index in [1.165, 1.54) is 0 Å². The Bertz CT molecular complexity index is 1470. The molecule has 0 radical (unpaired) electrons. The van der Waals surface area contributed by atoms with Gasteiger partial charge in [-0.15, -0.1) is 0 Å². The molecule has 11 nitrogen and oxygen atoms in total. The van der Waals surface area contributed by atoms with E-state index in [-0.39, 0.29) is 47.9 Å². The zero-order valence-corrected chi connectivity index (χ0v) is 28.0. The van der Waals surface area contributed by atoms with Crippen LogP contribution in [0.4, 0.5) is 5.95 Å². The fraction of sp³-hybridized carbons (Fsp3) is 0.647. The van der Waals surface area contributed by atoms with Crippen molar-refractivity contribution < 1.29 is 28.2 Å². The Morgan fingerprint density at radius 2 is 1.76 bits per heavy atom. The van der Waals surface area contributed by atoms with Gasteiger partial charge in [-0.05, 0) is 63.9 Å². The summed E-state index contributed by atoms with van der Waals surface area (Å²) in [6, 6.07) is 10.8. The van der Waals surface area contributed by atoms with Crippen LogP contribution in [-0.4, -0.2) is 69.2 Å². The number of anilines is 1. The lowest BCUT2D eigenvalue weighted by Crippen LogP contribution is -2.52. The number of aryl methyl sites for hydroxylation is 1. The number of hydrogen-bond donors (Lipinski definition) is 5. The van der Waals surface area contributed by atoms with Crippen molar-refractivity contribution in [1.82, 2.24) is 15.3 Å². The molecule has 2 saturated carbocycles. The Labute approximate surface area is 272 Å². The van der Waals surface area contributed by atoms with Gasteiger partial charge in [0.15, 0.2) is 15.5 Å². The molecule has 2 amide bonds. The fourth-order valence-electron chi connectivity index (χ4n) is 6.12. The Hall–Kier alpha value is -3.27. The lowest BCUT2D eigenvalue weighted by atomic mass is 9.82. The van der Waals surface area contributed by atoms with Crippen LogP contribution in [0, 0.1) is 29.1 Å². The number of imidazole rings is 1. The molecule has 252 valence electrons. The van der Waals surface area contributed by atoms with E-state index in [4.69, 9.17) is 0 Å². The molecule has 46 heavy (non-hydrogen) atoms. The third-order valence-electron chi connectivity index (χ3n) is 9.31. The summed E-state index contributed by atoms with van der Waals surface area (Å²) in [4.78, 5) is 33.7. The molecule has 2 aliphatic carbocycles. The standard InChI is InChI=1S/C34H49N5O6S/c1-34(2,3)46(44,45)21-25(32(43)36-27(18-23-12-8-5-9-13-23)31(42)30(41)24-15-16-24)19-26-28(20-35)38-33(37-26)39-29(40)17-14-22-10-6-4-7-11-22/h4,6-7,10-11,23-25,27,30-31,41-42H,5,8-9,12-19,21H2,1-3H3,(H,36,43)(H2,37,38,39,40)/t25?,27-,30-,31+/m0/s1. The first kappa shape index (κ1) is 35.6. The van der Waals surface area contributed by atoms with Crippen LogP contribution in [0.5, 0.6) is 0 Å². The molecule has 0 bridgehead atoms. The quantitative estimate of drug-likeness (QED) is 0.192. The SMILES string of the molecule is CC(C)(C)S(=O)(=O)CC(Cc1[nH]c(NC(=O)CCc2ccccc2)nc1C#N)C(=O)N[C@@H](CC1CCCCC1)[C@@H](O)[C@@H](O)C1CC1. The maximum Gasteiger partial charge on any atom is 0.227 e. The highest BCUT2D eigenvalue weighted by Gasteiger charge is 2.41. The van der Waals surface area contributed by atoms with Gasteiger partial charge in [-0.3, -0.25) is 14.9 Å². The van der Waals surface area contributed by atoms with Crippen molar-refractivity contribution in [2.75, 3.05) is 11.1 Å². The zero-order chi connectivity index (χ0) is 33.5. The van der Waals surface area contributed by atoms with Crippen LogP contribution < -0.4 is 10.6 Å². The molecule has 1 aromatic carbocycles. The summed E-state index contributed by atoms with van der Waals surface area (Å²) in [7, 11) is -3.79. The second kappa shape index (κ2) is 15.5. The van der Waals surface area contributed by atoms with Gasteiger partial charge < -0.3 is 20.5 Å².